The normalized spacial score (nSPS) is 20.4. The number of nitrogens with zero attached hydrogens (tertiary/aromatic N) is 1. The number of benzene rings is 1. The Hall–Kier alpha value is -1.27. The first-order valence-corrected chi connectivity index (χ1v) is 8.90. The van der Waals surface area contributed by atoms with Crippen LogP contribution >= 0.6 is 0 Å². The highest BCUT2D eigenvalue weighted by molar-refractivity contribution is 7.89. The first-order valence-electron chi connectivity index (χ1n) is 7.46. The smallest absolute Gasteiger partial charge is 0.243 e. The Morgan fingerprint density at radius 1 is 1.38 bits per heavy atom. The third kappa shape index (κ3) is 3.32. The first-order chi connectivity index (χ1) is 10.0. The van der Waals surface area contributed by atoms with Crippen LogP contribution in [0.4, 0.5) is 5.69 Å². The van der Waals surface area contributed by atoms with Crippen LogP contribution in [0.25, 0.3) is 0 Å². The zero-order valence-electron chi connectivity index (χ0n) is 12.7. The van der Waals surface area contributed by atoms with E-state index in [9.17, 15) is 8.42 Å². The Labute approximate surface area is 127 Å². The van der Waals surface area contributed by atoms with Crippen molar-refractivity contribution in [3.05, 3.63) is 18.2 Å². The number of ether oxygens (including phenoxy) is 1. The molecule has 0 bridgehead atoms. The van der Waals surface area contributed by atoms with Gasteiger partial charge in [0, 0.05) is 18.7 Å². The lowest BCUT2D eigenvalue weighted by atomic mass is 10.0. The van der Waals surface area contributed by atoms with E-state index < -0.39 is 10.0 Å². The fraction of sp³-hybridized carbons (Fsp3) is 0.600. The fourth-order valence-corrected chi connectivity index (χ4v) is 4.64. The molecule has 21 heavy (non-hydrogen) atoms. The highest BCUT2D eigenvalue weighted by atomic mass is 32.2. The average Bonchev–Trinajstić information content (AvgIpc) is 2.48. The molecule has 1 atom stereocenters. The molecule has 1 saturated heterocycles. The molecule has 6 heteroatoms. The summed E-state index contributed by atoms with van der Waals surface area (Å²) in [5, 5.41) is 0. The predicted molar refractivity (Wildman–Crippen MR) is 83.8 cm³/mol. The molecule has 1 aromatic carbocycles. The zero-order chi connectivity index (χ0) is 15.5. The molecule has 1 unspecified atom stereocenters. The van der Waals surface area contributed by atoms with Gasteiger partial charge < -0.3 is 10.5 Å². The topological polar surface area (TPSA) is 72.6 Å². The summed E-state index contributed by atoms with van der Waals surface area (Å²) in [5.74, 6) is 0.403. The molecule has 1 aliphatic rings. The Morgan fingerprint density at radius 2 is 2.14 bits per heavy atom. The van der Waals surface area contributed by atoms with E-state index in [4.69, 9.17) is 10.5 Å². The minimum Gasteiger partial charge on any atom is -0.495 e. The van der Waals surface area contributed by atoms with Crippen molar-refractivity contribution in [2.24, 2.45) is 0 Å². The number of hydrogen-bond donors (Lipinski definition) is 1. The maximum absolute atomic E-state index is 12.9. The molecule has 0 aromatic heterocycles. The molecule has 2 rings (SSSR count). The number of hydrogen-bond acceptors (Lipinski definition) is 4. The van der Waals surface area contributed by atoms with Gasteiger partial charge in [-0.3, -0.25) is 0 Å². The van der Waals surface area contributed by atoms with Crippen LogP contribution in [0.15, 0.2) is 23.1 Å². The third-order valence-corrected chi connectivity index (χ3v) is 5.95. The first kappa shape index (κ1) is 16.1. The summed E-state index contributed by atoms with van der Waals surface area (Å²) >= 11 is 0. The van der Waals surface area contributed by atoms with Gasteiger partial charge >= 0.3 is 0 Å². The molecule has 1 aromatic rings. The van der Waals surface area contributed by atoms with Crippen molar-refractivity contribution >= 4 is 15.7 Å². The van der Waals surface area contributed by atoms with Crippen LogP contribution in [0.5, 0.6) is 5.75 Å². The van der Waals surface area contributed by atoms with E-state index in [0.29, 0.717) is 18.0 Å². The molecule has 2 N–H and O–H groups in total. The summed E-state index contributed by atoms with van der Waals surface area (Å²) in [6.07, 6.45) is 4.86. The molecular weight excluding hydrogens is 288 g/mol. The molecule has 0 aliphatic carbocycles. The second kappa shape index (κ2) is 6.66. The van der Waals surface area contributed by atoms with Crippen molar-refractivity contribution in [3.63, 3.8) is 0 Å². The summed E-state index contributed by atoms with van der Waals surface area (Å²) < 4.78 is 32.6. The lowest BCUT2D eigenvalue weighted by Gasteiger charge is -2.34. The maximum Gasteiger partial charge on any atom is 0.243 e. The highest BCUT2D eigenvalue weighted by Gasteiger charge is 2.33. The molecule has 1 fully saturated rings. The molecule has 0 spiro atoms. The fourth-order valence-electron chi connectivity index (χ4n) is 2.90. The van der Waals surface area contributed by atoms with Crippen LogP contribution in [-0.4, -0.2) is 32.4 Å². The van der Waals surface area contributed by atoms with Crippen molar-refractivity contribution in [1.82, 2.24) is 4.31 Å². The minimum absolute atomic E-state index is 0.109. The van der Waals surface area contributed by atoms with Gasteiger partial charge in [0.05, 0.1) is 17.7 Å². The SMILES string of the molecule is CCCC1CCCCN1S(=O)(=O)c1ccc(N)c(OC)c1. The van der Waals surface area contributed by atoms with Crippen molar-refractivity contribution in [2.45, 2.75) is 50.0 Å². The van der Waals surface area contributed by atoms with Gasteiger partial charge in [0.15, 0.2) is 0 Å². The summed E-state index contributed by atoms with van der Waals surface area (Å²) in [6, 6.07) is 4.77. The molecule has 0 radical (unpaired) electrons. The van der Waals surface area contributed by atoms with Gasteiger partial charge in [-0.25, -0.2) is 8.42 Å². The van der Waals surface area contributed by atoms with Crippen molar-refractivity contribution in [2.75, 3.05) is 19.4 Å². The molecule has 118 valence electrons. The standard InChI is InChI=1S/C15H24N2O3S/c1-3-6-12-7-4-5-10-17(12)21(18,19)13-8-9-14(16)15(11-13)20-2/h8-9,11-12H,3-7,10,16H2,1-2H3. The number of sulfonamides is 1. The second-order valence-corrected chi connectivity index (χ2v) is 7.35. The molecule has 0 saturated carbocycles. The van der Waals surface area contributed by atoms with Gasteiger partial charge in [-0.15, -0.1) is 0 Å². The Bertz CT molecular complexity index is 585. The Balaban J connectivity index is 2.35. The Morgan fingerprint density at radius 3 is 2.81 bits per heavy atom. The van der Waals surface area contributed by atoms with E-state index in [1.54, 1.807) is 16.4 Å². The van der Waals surface area contributed by atoms with Crippen molar-refractivity contribution < 1.29 is 13.2 Å². The highest BCUT2D eigenvalue weighted by Crippen LogP contribution is 2.31. The van der Waals surface area contributed by atoms with Crippen LogP contribution < -0.4 is 10.5 Å². The van der Waals surface area contributed by atoms with E-state index >= 15 is 0 Å². The van der Waals surface area contributed by atoms with E-state index in [-0.39, 0.29) is 10.9 Å². The summed E-state index contributed by atoms with van der Waals surface area (Å²) in [7, 11) is -2.00. The van der Waals surface area contributed by atoms with Crippen LogP contribution in [0.3, 0.4) is 0 Å². The lowest BCUT2D eigenvalue weighted by molar-refractivity contribution is 0.239. The van der Waals surface area contributed by atoms with Gasteiger partial charge in [0.1, 0.15) is 5.75 Å². The summed E-state index contributed by atoms with van der Waals surface area (Å²) in [6.45, 7) is 2.69. The zero-order valence-corrected chi connectivity index (χ0v) is 13.5. The molecule has 5 nitrogen and oxygen atoms in total. The lowest BCUT2D eigenvalue weighted by Crippen LogP contribution is -2.43. The van der Waals surface area contributed by atoms with Gasteiger partial charge in [0.2, 0.25) is 10.0 Å². The van der Waals surface area contributed by atoms with Crippen molar-refractivity contribution in [3.8, 4) is 5.75 Å². The van der Waals surface area contributed by atoms with Crippen molar-refractivity contribution in [1.29, 1.82) is 0 Å². The van der Waals surface area contributed by atoms with E-state index in [1.807, 2.05) is 0 Å². The van der Waals surface area contributed by atoms with Gasteiger partial charge in [-0.1, -0.05) is 19.8 Å². The van der Waals surface area contributed by atoms with Crippen LogP contribution in [0, 0.1) is 0 Å². The molecular formula is C15H24N2O3S. The molecule has 0 amide bonds. The second-order valence-electron chi connectivity index (χ2n) is 5.46. The van der Waals surface area contributed by atoms with E-state index in [2.05, 4.69) is 6.92 Å². The number of piperidine rings is 1. The Kier molecular flexibility index (Phi) is 5.11. The predicted octanol–water partition coefficient (Wildman–Crippen LogP) is 2.62. The van der Waals surface area contributed by atoms with Crippen LogP contribution in [0.2, 0.25) is 0 Å². The van der Waals surface area contributed by atoms with Crippen LogP contribution in [0.1, 0.15) is 39.0 Å². The number of anilines is 1. The largest absolute Gasteiger partial charge is 0.495 e. The summed E-state index contributed by atoms with van der Waals surface area (Å²) in [5.41, 5.74) is 6.21. The molecule has 1 aliphatic heterocycles. The average molecular weight is 312 g/mol. The number of nitrogen functional groups attached to an aromatic ring is 1. The van der Waals surface area contributed by atoms with Gasteiger partial charge in [-0.2, -0.15) is 4.31 Å². The van der Waals surface area contributed by atoms with Gasteiger partial charge in [-0.05, 0) is 31.4 Å². The van der Waals surface area contributed by atoms with E-state index in [0.717, 1.165) is 32.1 Å². The van der Waals surface area contributed by atoms with Crippen LogP contribution in [-0.2, 0) is 10.0 Å². The quantitative estimate of drug-likeness (QED) is 0.848. The number of nitrogens with two attached hydrogens (primary N) is 1. The monoisotopic (exact) mass is 312 g/mol. The summed E-state index contributed by atoms with van der Waals surface area (Å²) in [4.78, 5) is 0.261. The van der Waals surface area contributed by atoms with E-state index in [1.165, 1.54) is 13.2 Å². The number of methoxy groups -OCH3 is 1. The third-order valence-electron chi connectivity index (χ3n) is 4.01. The molecule has 1 heterocycles. The van der Waals surface area contributed by atoms with Gasteiger partial charge in [0.25, 0.3) is 0 Å². The minimum atomic E-state index is -3.48. The number of rotatable bonds is 5. The maximum atomic E-state index is 12.9.